The second-order valence-electron chi connectivity index (χ2n) is 3.21. The number of hydrogen-bond acceptors (Lipinski definition) is 2. The minimum atomic E-state index is -4.38. The molecule has 0 saturated carbocycles. The van der Waals surface area contributed by atoms with Gasteiger partial charge in [0.1, 0.15) is 5.78 Å². The van der Waals surface area contributed by atoms with Gasteiger partial charge in [-0.15, -0.1) is 0 Å². The Bertz CT molecular complexity index is 436. The molecule has 0 aliphatic heterocycles. The Morgan fingerprint density at radius 3 is 2.47 bits per heavy atom. The largest absolute Gasteiger partial charge is 0.446 e. The molecule has 1 rings (SSSR count). The number of benzene rings is 1. The van der Waals surface area contributed by atoms with Crippen LogP contribution in [0, 0.1) is 0 Å². The van der Waals surface area contributed by atoms with Gasteiger partial charge in [-0.05, 0) is 36.4 Å². The Morgan fingerprint density at radius 2 is 2.06 bits per heavy atom. The lowest BCUT2D eigenvalue weighted by molar-refractivity contribution is -0.116. The lowest BCUT2D eigenvalue weighted by Gasteiger charge is -2.11. The molecule has 1 atom stereocenters. The maximum Gasteiger partial charge on any atom is 0.446 e. The molecule has 0 N–H and O–H groups in total. The second kappa shape index (κ2) is 5.63. The number of ketones is 1. The van der Waals surface area contributed by atoms with Crippen molar-refractivity contribution in [2.24, 2.45) is 0 Å². The molecule has 0 saturated heterocycles. The lowest BCUT2D eigenvalue weighted by Crippen LogP contribution is -2.02. The minimum absolute atomic E-state index is 0.0180. The highest BCUT2D eigenvalue weighted by molar-refractivity contribution is 9.09. The van der Waals surface area contributed by atoms with E-state index in [1.165, 1.54) is 25.1 Å². The van der Waals surface area contributed by atoms with Crippen LogP contribution >= 0.6 is 39.3 Å². The van der Waals surface area contributed by atoms with Crippen LogP contribution in [0.5, 0.6) is 0 Å². The Kier molecular flexibility index (Phi) is 4.92. The quantitative estimate of drug-likeness (QED) is 0.567. The molecule has 1 nitrogen and oxygen atoms in total. The molecule has 0 amide bonds. The van der Waals surface area contributed by atoms with Crippen LogP contribution in [0.3, 0.4) is 0 Å². The molecule has 0 heterocycles. The second-order valence-corrected chi connectivity index (χ2v) is 5.64. The van der Waals surface area contributed by atoms with Crippen molar-refractivity contribution in [2.45, 2.75) is 22.2 Å². The van der Waals surface area contributed by atoms with Crippen molar-refractivity contribution in [3.05, 3.63) is 28.8 Å². The average molecular weight is 348 g/mol. The highest BCUT2D eigenvalue weighted by atomic mass is 79.9. The summed E-state index contributed by atoms with van der Waals surface area (Å²) in [6.07, 6.45) is 0. The number of carbonyl (C=O) groups is 1. The van der Waals surface area contributed by atoms with E-state index in [0.29, 0.717) is 5.56 Å². The molecule has 7 heteroatoms. The molecule has 0 spiro atoms. The molecule has 0 aliphatic rings. The molecule has 0 aromatic heterocycles. The summed E-state index contributed by atoms with van der Waals surface area (Å²) in [5, 5.41) is -0.0180. The number of hydrogen-bond donors (Lipinski definition) is 0. The Labute approximate surface area is 114 Å². The zero-order valence-electron chi connectivity index (χ0n) is 8.52. The molecule has 0 aliphatic carbocycles. The predicted octanol–water partition coefficient (Wildman–Crippen LogP) is 4.98. The van der Waals surface area contributed by atoms with Crippen molar-refractivity contribution in [3.63, 3.8) is 0 Å². The monoisotopic (exact) mass is 346 g/mol. The summed E-state index contributed by atoms with van der Waals surface area (Å²) in [6.45, 7) is 1.38. The summed E-state index contributed by atoms with van der Waals surface area (Å²) in [5.41, 5.74) is -3.84. The summed E-state index contributed by atoms with van der Waals surface area (Å²) in [5.74, 6) is -0.141. The van der Waals surface area contributed by atoms with Crippen molar-refractivity contribution in [1.82, 2.24) is 0 Å². The molecular weight excluding hydrogens is 341 g/mol. The number of halogens is 5. The third kappa shape index (κ3) is 4.52. The van der Waals surface area contributed by atoms with Crippen molar-refractivity contribution >= 4 is 45.1 Å². The first-order chi connectivity index (χ1) is 7.70. The number of Topliss-reactive ketones (excluding diaryl/α,β-unsaturated/α-hetero) is 1. The van der Waals surface area contributed by atoms with Crippen molar-refractivity contribution in [2.75, 3.05) is 0 Å². The third-order valence-corrected chi connectivity index (χ3v) is 4.24. The topological polar surface area (TPSA) is 17.1 Å². The van der Waals surface area contributed by atoms with E-state index in [-0.39, 0.29) is 27.5 Å². The molecule has 1 aromatic carbocycles. The standard InChI is InChI=1S/C10H7BrClF3OS/c1-5(16)9(11)6-2-3-8(7(12)4-6)17-10(13,14)15/h2-4,9H,1H3. The van der Waals surface area contributed by atoms with Gasteiger partial charge < -0.3 is 0 Å². The van der Waals surface area contributed by atoms with E-state index in [4.69, 9.17) is 11.6 Å². The van der Waals surface area contributed by atoms with Crippen LogP contribution in [-0.2, 0) is 4.79 Å². The molecule has 0 fully saturated rings. The number of rotatable bonds is 3. The molecular formula is C10H7BrClF3OS. The summed E-state index contributed by atoms with van der Waals surface area (Å²) < 4.78 is 36.4. The zero-order chi connectivity index (χ0) is 13.2. The van der Waals surface area contributed by atoms with Gasteiger partial charge in [0.2, 0.25) is 0 Å². The summed E-state index contributed by atoms with van der Waals surface area (Å²) >= 11 is 8.59. The van der Waals surface area contributed by atoms with Gasteiger partial charge in [-0.1, -0.05) is 33.6 Å². The van der Waals surface area contributed by atoms with E-state index in [2.05, 4.69) is 15.9 Å². The van der Waals surface area contributed by atoms with Crippen molar-refractivity contribution in [1.29, 1.82) is 0 Å². The van der Waals surface area contributed by atoms with Gasteiger partial charge in [0.25, 0.3) is 0 Å². The normalized spacial score (nSPS) is 13.5. The van der Waals surface area contributed by atoms with E-state index in [9.17, 15) is 18.0 Å². The van der Waals surface area contributed by atoms with Crippen LogP contribution in [0.4, 0.5) is 13.2 Å². The first-order valence-electron chi connectivity index (χ1n) is 4.40. The van der Waals surface area contributed by atoms with E-state index in [1.807, 2.05) is 0 Å². The van der Waals surface area contributed by atoms with Gasteiger partial charge in [-0.2, -0.15) is 13.2 Å². The lowest BCUT2D eigenvalue weighted by atomic mass is 10.1. The van der Waals surface area contributed by atoms with E-state index in [1.54, 1.807) is 0 Å². The summed E-state index contributed by atoms with van der Waals surface area (Å²) in [7, 11) is 0. The molecule has 0 bridgehead atoms. The third-order valence-electron chi connectivity index (χ3n) is 1.83. The molecule has 1 unspecified atom stereocenters. The summed E-state index contributed by atoms with van der Waals surface area (Å²) in [4.78, 5) is 10.5. The molecule has 1 aromatic rings. The number of carbonyl (C=O) groups excluding carboxylic acids is 1. The maximum absolute atomic E-state index is 12.1. The van der Waals surface area contributed by atoms with E-state index in [0.717, 1.165) is 0 Å². The predicted molar refractivity (Wildman–Crippen MR) is 65.7 cm³/mol. The Hall–Kier alpha value is -0.200. The van der Waals surface area contributed by atoms with Crippen LogP contribution in [0.15, 0.2) is 23.1 Å². The number of alkyl halides is 4. The Morgan fingerprint density at radius 1 is 1.47 bits per heavy atom. The Balaban J connectivity index is 2.98. The SMILES string of the molecule is CC(=O)C(Br)c1ccc(SC(F)(F)F)c(Cl)c1. The van der Waals surface area contributed by atoms with Crippen molar-refractivity contribution in [3.8, 4) is 0 Å². The van der Waals surface area contributed by atoms with Crippen LogP contribution in [-0.4, -0.2) is 11.3 Å². The van der Waals surface area contributed by atoms with Gasteiger partial charge in [-0.25, -0.2) is 0 Å². The molecule has 0 radical (unpaired) electrons. The fourth-order valence-corrected chi connectivity index (χ4v) is 2.25. The smallest absolute Gasteiger partial charge is 0.298 e. The van der Waals surface area contributed by atoms with E-state index < -0.39 is 10.3 Å². The van der Waals surface area contributed by atoms with Crippen LogP contribution in [0.25, 0.3) is 0 Å². The molecule has 94 valence electrons. The van der Waals surface area contributed by atoms with Gasteiger partial charge in [0.05, 0.1) is 9.85 Å². The summed E-state index contributed by atoms with van der Waals surface area (Å²) in [6, 6.07) is 4.06. The highest BCUT2D eigenvalue weighted by Crippen LogP contribution is 2.41. The van der Waals surface area contributed by atoms with Gasteiger partial charge >= 0.3 is 5.51 Å². The van der Waals surface area contributed by atoms with E-state index >= 15 is 0 Å². The molecule has 17 heavy (non-hydrogen) atoms. The number of thioether (sulfide) groups is 1. The maximum atomic E-state index is 12.1. The van der Waals surface area contributed by atoms with Gasteiger partial charge in [0.15, 0.2) is 0 Å². The van der Waals surface area contributed by atoms with Crippen LogP contribution < -0.4 is 0 Å². The first-order valence-corrected chi connectivity index (χ1v) is 6.51. The highest BCUT2D eigenvalue weighted by Gasteiger charge is 2.30. The van der Waals surface area contributed by atoms with Crippen LogP contribution in [0.1, 0.15) is 17.3 Å². The average Bonchev–Trinajstić information content (AvgIpc) is 2.18. The van der Waals surface area contributed by atoms with Gasteiger partial charge in [0, 0.05) is 4.90 Å². The minimum Gasteiger partial charge on any atom is -0.298 e. The van der Waals surface area contributed by atoms with Crippen LogP contribution in [0.2, 0.25) is 5.02 Å². The van der Waals surface area contributed by atoms with Crippen molar-refractivity contribution < 1.29 is 18.0 Å². The zero-order valence-corrected chi connectivity index (χ0v) is 11.7. The van der Waals surface area contributed by atoms with Gasteiger partial charge in [-0.3, -0.25) is 4.79 Å². The fraction of sp³-hybridized carbons (Fsp3) is 0.300. The first kappa shape index (κ1) is 14.9. The fourth-order valence-electron chi connectivity index (χ4n) is 1.12.